The summed E-state index contributed by atoms with van der Waals surface area (Å²) >= 11 is 0. The SMILES string of the molecule is COc1ccc(-n2nc3c(c2NC(=O)C2CC(=O)N(c4ccc(F)cc4)C2)CS(=O)(=O)C3)cc1. The molecule has 34 heavy (non-hydrogen) atoms. The number of halogens is 1. The number of fused-ring (bicyclic) bond motifs is 1. The van der Waals surface area contributed by atoms with Gasteiger partial charge in [-0.2, -0.15) is 5.10 Å². The van der Waals surface area contributed by atoms with E-state index in [4.69, 9.17) is 4.74 Å². The van der Waals surface area contributed by atoms with E-state index in [2.05, 4.69) is 10.4 Å². The highest BCUT2D eigenvalue weighted by Gasteiger charge is 2.38. The van der Waals surface area contributed by atoms with Crippen LogP contribution in [0.15, 0.2) is 48.5 Å². The Balaban J connectivity index is 1.42. The van der Waals surface area contributed by atoms with Crippen LogP contribution < -0.4 is 15.0 Å². The molecule has 176 valence electrons. The number of carbonyl (C=O) groups excluding carboxylic acids is 2. The fraction of sp³-hybridized carbons (Fsp3) is 0.261. The minimum absolute atomic E-state index is 0.0135. The molecule has 2 aliphatic heterocycles. The van der Waals surface area contributed by atoms with Crippen LogP contribution >= 0.6 is 0 Å². The second kappa shape index (κ2) is 8.24. The zero-order valence-electron chi connectivity index (χ0n) is 18.2. The van der Waals surface area contributed by atoms with Crippen LogP contribution in [0.4, 0.5) is 15.9 Å². The Morgan fingerprint density at radius 2 is 1.76 bits per heavy atom. The van der Waals surface area contributed by atoms with Crippen molar-refractivity contribution < 1.29 is 27.1 Å². The predicted molar refractivity (Wildman–Crippen MR) is 122 cm³/mol. The first-order valence-corrected chi connectivity index (χ1v) is 12.4. The molecule has 1 saturated heterocycles. The molecule has 1 unspecified atom stereocenters. The maximum absolute atomic E-state index is 13.2. The van der Waals surface area contributed by atoms with Crippen LogP contribution in [-0.4, -0.2) is 43.7 Å². The fourth-order valence-electron chi connectivity index (χ4n) is 4.25. The van der Waals surface area contributed by atoms with Crippen LogP contribution in [0.3, 0.4) is 0 Å². The molecule has 0 spiro atoms. The van der Waals surface area contributed by atoms with Gasteiger partial charge < -0.3 is 15.0 Å². The summed E-state index contributed by atoms with van der Waals surface area (Å²) in [5, 5.41) is 7.27. The maximum atomic E-state index is 13.2. The van der Waals surface area contributed by atoms with Crippen molar-refractivity contribution in [2.45, 2.75) is 17.9 Å². The van der Waals surface area contributed by atoms with Crippen molar-refractivity contribution in [2.24, 2.45) is 5.92 Å². The quantitative estimate of drug-likeness (QED) is 0.596. The second-order valence-electron chi connectivity index (χ2n) is 8.29. The summed E-state index contributed by atoms with van der Waals surface area (Å²) in [6, 6.07) is 12.5. The topological polar surface area (TPSA) is 111 Å². The molecule has 3 aromatic rings. The largest absolute Gasteiger partial charge is 0.497 e. The number of ether oxygens (including phenoxy) is 1. The molecule has 3 heterocycles. The van der Waals surface area contributed by atoms with Crippen molar-refractivity contribution in [3.8, 4) is 11.4 Å². The number of nitrogens with zero attached hydrogens (tertiary/aromatic N) is 3. The zero-order chi connectivity index (χ0) is 24.0. The highest BCUT2D eigenvalue weighted by atomic mass is 32.2. The van der Waals surface area contributed by atoms with Gasteiger partial charge in [0, 0.05) is 24.2 Å². The molecule has 0 aliphatic carbocycles. The number of rotatable bonds is 5. The minimum atomic E-state index is -3.35. The molecular weight excluding hydrogens is 463 g/mol. The molecule has 1 atom stereocenters. The second-order valence-corrected chi connectivity index (χ2v) is 10.4. The molecule has 2 amide bonds. The molecule has 2 aliphatic rings. The van der Waals surface area contributed by atoms with Crippen molar-refractivity contribution in [1.29, 1.82) is 0 Å². The molecule has 11 heteroatoms. The fourth-order valence-corrected chi connectivity index (χ4v) is 5.75. The number of sulfone groups is 1. The van der Waals surface area contributed by atoms with Gasteiger partial charge in [-0.3, -0.25) is 9.59 Å². The third kappa shape index (κ3) is 4.03. The lowest BCUT2D eigenvalue weighted by Gasteiger charge is -2.17. The molecule has 9 nitrogen and oxygen atoms in total. The number of benzene rings is 2. The van der Waals surface area contributed by atoms with Gasteiger partial charge in [-0.05, 0) is 48.5 Å². The van der Waals surface area contributed by atoms with E-state index in [0.717, 1.165) is 0 Å². The predicted octanol–water partition coefficient (Wildman–Crippen LogP) is 2.44. The number of methoxy groups -OCH3 is 1. The van der Waals surface area contributed by atoms with Crippen molar-refractivity contribution in [2.75, 3.05) is 23.9 Å². The summed E-state index contributed by atoms with van der Waals surface area (Å²) in [7, 11) is -1.80. The molecule has 2 aromatic carbocycles. The highest BCUT2D eigenvalue weighted by Crippen LogP contribution is 2.34. The maximum Gasteiger partial charge on any atom is 0.230 e. The molecule has 1 aromatic heterocycles. The van der Waals surface area contributed by atoms with Gasteiger partial charge in [0.15, 0.2) is 9.84 Å². The van der Waals surface area contributed by atoms with Crippen molar-refractivity contribution in [3.63, 3.8) is 0 Å². The Morgan fingerprint density at radius 3 is 2.44 bits per heavy atom. The number of carbonyl (C=O) groups is 2. The van der Waals surface area contributed by atoms with Crippen LogP contribution in [-0.2, 0) is 30.9 Å². The lowest BCUT2D eigenvalue weighted by Crippen LogP contribution is -2.29. The van der Waals surface area contributed by atoms with Crippen LogP contribution in [0, 0.1) is 11.7 Å². The lowest BCUT2D eigenvalue weighted by molar-refractivity contribution is -0.122. The van der Waals surface area contributed by atoms with Gasteiger partial charge >= 0.3 is 0 Å². The molecule has 1 N–H and O–H groups in total. The van der Waals surface area contributed by atoms with E-state index >= 15 is 0 Å². The molecule has 0 radical (unpaired) electrons. The summed E-state index contributed by atoms with van der Waals surface area (Å²) in [5.74, 6) is -1.25. The van der Waals surface area contributed by atoms with Crippen LogP contribution in [0.5, 0.6) is 5.75 Å². The van der Waals surface area contributed by atoms with Crippen molar-refractivity contribution in [3.05, 3.63) is 65.6 Å². The van der Waals surface area contributed by atoms with Crippen molar-refractivity contribution >= 4 is 33.2 Å². The Kier molecular flexibility index (Phi) is 5.35. The van der Waals surface area contributed by atoms with E-state index in [0.29, 0.717) is 28.4 Å². The van der Waals surface area contributed by atoms with Gasteiger partial charge in [-0.15, -0.1) is 0 Å². The highest BCUT2D eigenvalue weighted by molar-refractivity contribution is 7.90. The number of anilines is 2. The Bertz CT molecular complexity index is 1380. The van der Waals surface area contributed by atoms with E-state index in [9.17, 15) is 22.4 Å². The third-order valence-electron chi connectivity index (χ3n) is 5.98. The molecule has 0 saturated carbocycles. The Morgan fingerprint density at radius 1 is 1.09 bits per heavy atom. The van der Waals surface area contributed by atoms with E-state index in [1.54, 1.807) is 31.4 Å². The Labute approximate surface area is 195 Å². The average Bonchev–Trinajstić information content (AvgIpc) is 3.44. The van der Waals surface area contributed by atoms with Gasteiger partial charge in [-0.25, -0.2) is 17.5 Å². The summed E-state index contributed by atoms with van der Waals surface area (Å²) in [5.41, 5.74) is 1.97. The summed E-state index contributed by atoms with van der Waals surface area (Å²) in [6.45, 7) is 0.132. The number of nitrogens with one attached hydrogen (secondary N) is 1. The van der Waals surface area contributed by atoms with Gasteiger partial charge in [0.2, 0.25) is 11.8 Å². The van der Waals surface area contributed by atoms with Gasteiger partial charge in [-0.1, -0.05) is 0 Å². The van der Waals surface area contributed by atoms with E-state index in [1.807, 2.05) is 0 Å². The minimum Gasteiger partial charge on any atom is -0.497 e. The summed E-state index contributed by atoms with van der Waals surface area (Å²) in [4.78, 5) is 27.2. The molecular formula is C23H21FN4O5S. The summed E-state index contributed by atoms with van der Waals surface area (Å²) < 4.78 is 44.3. The standard InChI is InChI=1S/C23H21FN4O5S/c1-33-18-8-6-17(7-9-18)28-22(19-12-34(31,32)13-20(19)26-28)25-23(30)14-10-21(29)27(11-14)16-4-2-15(24)3-5-16/h2-9,14H,10-13H2,1H3,(H,25,30). The van der Waals surface area contributed by atoms with Gasteiger partial charge in [0.25, 0.3) is 0 Å². The van der Waals surface area contributed by atoms with Crippen LogP contribution in [0.25, 0.3) is 5.69 Å². The molecule has 5 rings (SSSR count). The van der Waals surface area contributed by atoms with E-state index in [1.165, 1.54) is 33.8 Å². The van der Waals surface area contributed by atoms with Gasteiger partial charge in [0.1, 0.15) is 17.4 Å². The van der Waals surface area contributed by atoms with Crippen LogP contribution in [0.1, 0.15) is 17.7 Å². The van der Waals surface area contributed by atoms with E-state index < -0.39 is 27.5 Å². The first-order chi connectivity index (χ1) is 16.2. The lowest BCUT2D eigenvalue weighted by atomic mass is 10.1. The molecule has 1 fully saturated rings. The third-order valence-corrected chi connectivity index (χ3v) is 7.42. The number of hydrogen-bond acceptors (Lipinski definition) is 6. The zero-order valence-corrected chi connectivity index (χ0v) is 19.0. The van der Waals surface area contributed by atoms with Crippen molar-refractivity contribution in [1.82, 2.24) is 9.78 Å². The first-order valence-electron chi connectivity index (χ1n) is 10.6. The monoisotopic (exact) mass is 484 g/mol. The Hall–Kier alpha value is -3.73. The average molecular weight is 485 g/mol. The number of amides is 2. The van der Waals surface area contributed by atoms with Crippen LogP contribution in [0.2, 0.25) is 0 Å². The van der Waals surface area contributed by atoms with Gasteiger partial charge in [0.05, 0.1) is 35.9 Å². The normalized spacial score (nSPS) is 18.7. The number of aromatic nitrogens is 2. The summed E-state index contributed by atoms with van der Waals surface area (Å²) in [6.07, 6.45) is -0.0135. The van der Waals surface area contributed by atoms with E-state index in [-0.39, 0.29) is 36.2 Å². The smallest absolute Gasteiger partial charge is 0.230 e. The molecule has 0 bridgehead atoms. The first kappa shape index (κ1) is 22.1. The number of hydrogen-bond donors (Lipinski definition) is 1.